The topological polar surface area (TPSA) is 20.1 Å². The van der Waals surface area contributed by atoms with Crippen LogP contribution in [0.15, 0.2) is 115 Å². The minimum absolute atomic E-state index is 0.0390. The average molecular weight is 413 g/mol. The summed E-state index contributed by atoms with van der Waals surface area (Å²) in [5.41, 5.74) is 2.08. The molecule has 0 aliphatic carbocycles. The van der Waals surface area contributed by atoms with E-state index in [2.05, 4.69) is 16.8 Å². The van der Waals surface area contributed by atoms with Crippen LogP contribution in [-0.2, 0) is 4.57 Å². The molecule has 3 unspecified atom stereocenters. The Morgan fingerprint density at radius 3 is 1.43 bits per heavy atom. The van der Waals surface area contributed by atoms with E-state index in [-0.39, 0.29) is 17.9 Å². The second kappa shape index (κ2) is 7.68. The maximum atomic E-state index is 14.9. The van der Waals surface area contributed by atoms with E-state index < -0.39 is 7.29 Å². The zero-order valence-corrected chi connectivity index (χ0v) is 17.2. The fourth-order valence-electron chi connectivity index (χ4n) is 4.23. The molecule has 0 saturated carbocycles. The summed E-state index contributed by atoms with van der Waals surface area (Å²) in [6.07, 6.45) is 0. The molecule has 0 amide bonds. The summed E-state index contributed by atoms with van der Waals surface area (Å²) < 4.78 is 30.6. The molecule has 1 fully saturated rings. The molecule has 0 spiro atoms. The summed E-state index contributed by atoms with van der Waals surface area (Å²) in [5.74, 6) is -0.267. The van der Waals surface area contributed by atoms with Crippen LogP contribution in [0.5, 0.6) is 0 Å². The number of benzene rings is 4. The van der Waals surface area contributed by atoms with E-state index in [9.17, 15) is 8.96 Å². The maximum Gasteiger partial charge on any atom is 0.208 e. The molecule has 1 heterocycles. The Labute approximate surface area is 176 Å². The van der Waals surface area contributed by atoms with Gasteiger partial charge in [-0.3, -0.25) is 4.57 Å². The monoisotopic (exact) mass is 413 g/mol. The molecule has 4 heteroatoms. The van der Waals surface area contributed by atoms with Crippen molar-refractivity contribution in [2.45, 2.75) is 12.1 Å². The van der Waals surface area contributed by atoms with E-state index in [0.717, 1.165) is 21.7 Å². The second-order valence-electron chi connectivity index (χ2n) is 7.48. The highest BCUT2D eigenvalue weighted by molar-refractivity contribution is 7.76. The van der Waals surface area contributed by atoms with Gasteiger partial charge in [0.2, 0.25) is 7.29 Å². The Hall–Kier alpha value is -3.00. The van der Waals surface area contributed by atoms with Crippen LogP contribution in [-0.4, -0.2) is 4.67 Å². The van der Waals surface area contributed by atoms with Crippen LogP contribution in [0, 0.1) is 5.82 Å². The highest BCUT2D eigenvalue weighted by atomic mass is 31.2. The third kappa shape index (κ3) is 3.21. The van der Waals surface area contributed by atoms with Gasteiger partial charge in [0, 0.05) is 10.6 Å². The van der Waals surface area contributed by atoms with Gasteiger partial charge in [0.1, 0.15) is 5.82 Å². The molecule has 0 bridgehead atoms. The number of hydrogen-bond donors (Lipinski definition) is 0. The summed E-state index contributed by atoms with van der Waals surface area (Å²) in [7, 11) is -3.10. The van der Waals surface area contributed by atoms with Gasteiger partial charge < -0.3 is 0 Å². The SMILES string of the molecule is O=P(c1ccccc1)(c1ccccc1)N1C(c2ccccc2)C1c1ccc(F)cc1. The van der Waals surface area contributed by atoms with Gasteiger partial charge in [-0.15, -0.1) is 0 Å². The maximum absolute atomic E-state index is 14.9. The van der Waals surface area contributed by atoms with Crippen molar-refractivity contribution in [1.29, 1.82) is 0 Å². The van der Waals surface area contributed by atoms with Gasteiger partial charge in [-0.1, -0.05) is 78.9 Å². The highest BCUT2D eigenvalue weighted by Crippen LogP contribution is 2.70. The van der Waals surface area contributed by atoms with Gasteiger partial charge in [0.15, 0.2) is 0 Å². The predicted molar refractivity (Wildman–Crippen MR) is 120 cm³/mol. The molecular weight excluding hydrogens is 392 g/mol. The molecule has 4 aromatic carbocycles. The van der Waals surface area contributed by atoms with Crippen LogP contribution in [0.4, 0.5) is 4.39 Å². The lowest BCUT2D eigenvalue weighted by molar-refractivity contribution is 0.554. The summed E-state index contributed by atoms with van der Waals surface area (Å²) in [6, 6.07) is 35.9. The van der Waals surface area contributed by atoms with Gasteiger partial charge in [-0.25, -0.2) is 9.06 Å². The summed E-state index contributed by atoms with van der Waals surface area (Å²) in [4.78, 5) is 0. The van der Waals surface area contributed by atoms with E-state index in [1.54, 1.807) is 12.1 Å². The van der Waals surface area contributed by atoms with Gasteiger partial charge >= 0.3 is 0 Å². The Balaban J connectivity index is 1.69. The van der Waals surface area contributed by atoms with Crippen molar-refractivity contribution in [2.24, 2.45) is 0 Å². The van der Waals surface area contributed by atoms with E-state index in [0.29, 0.717) is 0 Å². The largest absolute Gasteiger partial charge is 0.296 e. The summed E-state index contributed by atoms with van der Waals surface area (Å²) in [6.45, 7) is 0. The average Bonchev–Trinajstić information content (AvgIpc) is 3.57. The zero-order valence-electron chi connectivity index (χ0n) is 16.3. The first-order valence-electron chi connectivity index (χ1n) is 10.00. The molecule has 5 rings (SSSR count). The van der Waals surface area contributed by atoms with Crippen LogP contribution in [0.1, 0.15) is 23.2 Å². The van der Waals surface area contributed by atoms with Crippen molar-refractivity contribution < 1.29 is 8.96 Å². The van der Waals surface area contributed by atoms with Gasteiger partial charge in [0.05, 0.1) is 12.1 Å². The van der Waals surface area contributed by atoms with Crippen molar-refractivity contribution in [3.05, 3.63) is 132 Å². The van der Waals surface area contributed by atoms with E-state index >= 15 is 0 Å². The molecule has 148 valence electrons. The molecule has 0 aromatic heterocycles. The standard InChI is InChI=1S/C26H21FNOP/c27-22-18-16-21(17-19-22)26-25(20-10-4-1-5-11-20)28(26)30(29,23-12-6-2-7-13-23)24-14-8-3-9-15-24/h1-19,25-26H. The van der Waals surface area contributed by atoms with Crippen molar-refractivity contribution in [2.75, 3.05) is 0 Å². The van der Waals surface area contributed by atoms with Crippen molar-refractivity contribution in [3.63, 3.8) is 0 Å². The minimum atomic E-state index is -3.10. The van der Waals surface area contributed by atoms with Gasteiger partial charge in [-0.2, -0.15) is 0 Å². The van der Waals surface area contributed by atoms with Gasteiger partial charge in [0.25, 0.3) is 0 Å². The molecule has 0 radical (unpaired) electrons. The van der Waals surface area contributed by atoms with Crippen LogP contribution in [0.25, 0.3) is 0 Å². The van der Waals surface area contributed by atoms with Crippen molar-refractivity contribution in [3.8, 4) is 0 Å². The first kappa shape index (κ1) is 19.0. The van der Waals surface area contributed by atoms with E-state index in [4.69, 9.17) is 0 Å². The molecule has 2 nitrogen and oxygen atoms in total. The number of halogens is 1. The Kier molecular flexibility index (Phi) is 4.86. The molecule has 1 saturated heterocycles. The van der Waals surface area contributed by atoms with E-state index in [1.165, 1.54) is 12.1 Å². The smallest absolute Gasteiger partial charge is 0.208 e. The zero-order chi connectivity index (χ0) is 20.6. The fourth-order valence-corrected chi connectivity index (χ4v) is 7.37. The Morgan fingerprint density at radius 2 is 0.967 bits per heavy atom. The number of rotatable bonds is 5. The normalized spacial score (nSPS) is 20.6. The summed E-state index contributed by atoms with van der Waals surface area (Å²) >= 11 is 0. The quantitative estimate of drug-likeness (QED) is 0.302. The lowest BCUT2D eigenvalue weighted by Gasteiger charge is -2.22. The van der Waals surface area contributed by atoms with Crippen LogP contribution >= 0.6 is 7.29 Å². The number of hydrogen-bond acceptors (Lipinski definition) is 1. The molecule has 1 aliphatic rings. The van der Waals surface area contributed by atoms with E-state index in [1.807, 2.05) is 78.9 Å². The summed E-state index contributed by atoms with van der Waals surface area (Å²) in [5, 5.41) is 1.61. The first-order valence-corrected chi connectivity index (χ1v) is 11.7. The van der Waals surface area contributed by atoms with Crippen molar-refractivity contribution in [1.82, 2.24) is 4.67 Å². The van der Waals surface area contributed by atoms with Crippen LogP contribution < -0.4 is 10.6 Å². The predicted octanol–water partition coefficient (Wildman–Crippen LogP) is 5.85. The lowest BCUT2D eigenvalue weighted by atomic mass is 10.0. The molecular formula is C26H21FNOP. The number of nitrogens with zero attached hydrogens (tertiary/aromatic N) is 1. The lowest BCUT2D eigenvalue weighted by Crippen LogP contribution is -2.22. The molecule has 3 atom stereocenters. The highest BCUT2D eigenvalue weighted by Gasteiger charge is 2.59. The second-order valence-corrected chi connectivity index (χ2v) is 10.1. The molecule has 4 aromatic rings. The first-order chi connectivity index (χ1) is 14.7. The van der Waals surface area contributed by atoms with Crippen LogP contribution in [0.3, 0.4) is 0 Å². The Bertz CT molecular complexity index is 1140. The van der Waals surface area contributed by atoms with Crippen LogP contribution in [0.2, 0.25) is 0 Å². The molecule has 1 aliphatic heterocycles. The third-order valence-electron chi connectivity index (χ3n) is 5.67. The fraction of sp³-hybridized carbons (Fsp3) is 0.0769. The third-order valence-corrected chi connectivity index (χ3v) is 8.81. The van der Waals surface area contributed by atoms with Crippen molar-refractivity contribution >= 4 is 17.9 Å². The minimum Gasteiger partial charge on any atom is -0.296 e. The molecule has 30 heavy (non-hydrogen) atoms. The van der Waals surface area contributed by atoms with Gasteiger partial charge in [-0.05, 0) is 47.5 Å². The Morgan fingerprint density at radius 1 is 0.567 bits per heavy atom. The molecule has 0 N–H and O–H groups in total.